The molecule has 1 N–H and O–H groups in total. The quantitative estimate of drug-likeness (QED) is 0.396. The number of nitrogens with zero attached hydrogens (tertiary/aromatic N) is 3. The Morgan fingerprint density at radius 1 is 1.21 bits per heavy atom. The molecule has 1 aromatic heterocycles. The van der Waals surface area contributed by atoms with E-state index >= 15 is 0 Å². The van der Waals surface area contributed by atoms with Gasteiger partial charge in [-0.3, -0.25) is 4.79 Å². The van der Waals surface area contributed by atoms with E-state index in [-0.39, 0.29) is 11.9 Å². The summed E-state index contributed by atoms with van der Waals surface area (Å²) in [5.74, 6) is 1.31. The summed E-state index contributed by atoms with van der Waals surface area (Å²) in [5, 5.41) is 13.2. The van der Waals surface area contributed by atoms with Crippen molar-refractivity contribution in [2.24, 2.45) is 0 Å². The van der Waals surface area contributed by atoms with Gasteiger partial charge in [-0.25, -0.2) is 0 Å². The number of allylic oxidation sites excluding steroid dienone is 1. The molecule has 0 saturated heterocycles. The van der Waals surface area contributed by atoms with Crippen molar-refractivity contribution in [3.05, 3.63) is 88.7 Å². The topological polar surface area (TPSA) is 59.8 Å². The summed E-state index contributed by atoms with van der Waals surface area (Å²) in [4.78, 5) is 12.5. The minimum Gasteiger partial charge on any atom is -0.342 e. The zero-order valence-electron chi connectivity index (χ0n) is 16.4. The second kappa shape index (κ2) is 9.76. The maximum Gasteiger partial charge on any atom is 0.251 e. The molecular formula is C22H23ClN4OS. The van der Waals surface area contributed by atoms with Crippen LogP contribution in [0.5, 0.6) is 0 Å². The molecule has 0 aliphatic rings. The van der Waals surface area contributed by atoms with E-state index in [9.17, 15) is 4.79 Å². The highest BCUT2D eigenvalue weighted by Crippen LogP contribution is 2.25. The van der Waals surface area contributed by atoms with Crippen molar-refractivity contribution < 1.29 is 4.79 Å². The van der Waals surface area contributed by atoms with Crippen LogP contribution in [0.3, 0.4) is 0 Å². The molecule has 2 aromatic carbocycles. The highest BCUT2D eigenvalue weighted by Gasteiger charge is 2.20. The van der Waals surface area contributed by atoms with E-state index in [0.717, 1.165) is 22.0 Å². The molecule has 1 unspecified atom stereocenters. The number of carbonyl (C=O) groups excluding carboxylic acids is 1. The van der Waals surface area contributed by atoms with Crippen LogP contribution < -0.4 is 5.32 Å². The van der Waals surface area contributed by atoms with Gasteiger partial charge in [0.15, 0.2) is 11.0 Å². The maximum absolute atomic E-state index is 12.5. The van der Waals surface area contributed by atoms with E-state index in [1.54, 1.807) is 17.8 Å². The van der Waals surface area contributed by atoms with Crippen molar-refractivity contribution in [1.29, 1.82) is 0 Å². The molecule has 1 heterocycles. The number of carbonyl (C=O) groups is 1. The first kappa shape index (κ1) is 21.1. The lowest BCUT2D eigenvalue weighted by Gasteiger charge is -2.15. The van der Waals surface area contributed by atoms with Gasteiger partial charge in [0, 0.05) is 22.9 Å². The molecule has 3 aromatic rings. The van der Waals surface area contributed by atoms with Crippen LogP contribution in [0.25, 0.3) is 0 Å². The van der Waals surface area contributed by atoms with Gasteiger partial charge in [-0.2, -0.15) is 0 Å². The highest BCUT2D eigenvalue weighted by molar-refractivity contribution is 7.98. The zero-order chi connectivity index (χ0) is 20.8. The molecule has 150 valence electrons. The third-order valence-corrected chi connectivity index (χ3v) is 5.68. The number of aryl methyl sites for hydroxylation is 1. The molecule has 0 bridgehead atoms. The Bertz CT molecular complexity index is 983. The fraction of sp³-hybridized carbons (Fsp3) is 0.227. The van der Waals surface area contributed by atoms with Gasteiger partial charge in [0.05, 0.1) is 6.04 Å². The predicted molar refractivity (Wildman–Crippen MR) is 118 cm³/mol. The number of aromatic nitrogens is 3. The number of halogens is 1. The lowest BCUT2D eigenvalue weighted by molar-refractivity contribution is 0.0937. The molecule has 0 saturated carbocycles. The van der Waals surface area contributed by atoms with Gasteiger partial charge < -0.3 is 9.88 Å². The van der Waals surface area contributed by atoms with Crippen molar-refractivity contribution in [3.63, 3.8) is 0 Å². The second-order valence-corrected chi connectivity index (χ2v) is 8.10. The molecule has 0 radical (unpaired) electrons. The van der Waals surface area contributed by atoms with Gasteiger partial charge in [-0.05, 0) is 43.7 Å². The summed E-state index contributed by atoms with van der Waals surface area (Å²) in [7, 11) is 0. The number of hydrogen-bond donors (Lipinski definition) is 1. The van der Waals surface area contributed by atoms with Gasteiger partial charge in [0.1, 0.15) is 0 Å². The van der Waals surface area contributed by atoms with E-state index in [4.69, 9.17) is 11.6 Å². The van der Waals surface area contributed by atoms with E-state index in [1.807, 2.05) is 66.9 Å². The number of hydrogen-bond acceptors (Lipinski definition) is 4. The van der Waals surface area contributed by atoms with E-state index < -0.39 is 0 Å². The fourth-order valence-corrected chi connectivity index (χ4v) is 3.84. The van der Waals surface area contributed by atoms with Crippen molar-refractivity contribution in [1.82, 2.24) is 20.1 Å². The molecule has 1 atom stereocenters. The Hall–Kier alpha value is -2.57. The molecule has 5 nitrogen and oxygen atoms in total. The van der Waals surface area contributed by atoms with Crippen molar-refractivity contribution >= 4 is 29.3 Å². The van der Waals surface area contributed by atoms with Crippen LogP contribution in [0.15, 0.2) is 66.3 Å². The van der Waals surface area contributed by atoms with Crippen molar-refractivity contribution in [2.75, 3.05) is 0 Å². The van der Waals surface area contributed by atoms with Gasteiger partial charge in [-0.15, -0.1) is 16.8 Å². The van der Waals surface area contributed by atoms with Gasteiger partial charge in [0.2, 0.25) is 0 Å². The molecule has 0 aliphatic carbocycles. The zero-order valence-corrected chi connectivity index (χ0v) is 18.0. The lowest BCUT2D eigenvalue weighted by atomic mass is 10.1. The average molecular weight is 427 g/mol. The first-order valence-electron chi connectivity index (χ1n) is 9.26. The molecular weight excluding hydrogens is 404 g/mol. The minimum absolute atomic E-state index is 0.138. The van der Waals surface area contributed by atoms with Crippen LogP contribution in [0.1, 0.15) is 40.3 Å². The number of amides is 1. The minimum atomic E-state index is -0.291. The Labute approximate surface area is 180 Å². The Balaban J connectivity index is 1.72. The third-order valence-electron chi connectivity index (χ3n) is 4.39. The molecule has 1 amide bonds. The van der Waals surface area contributed by atoms with E-state index in [2.05, 4.69) is 22.1 Å². The Morgan fingerprint density at radius 3 is 2.55 bits per heavy atom. The monoisotopic (exact) mass is 426 g/mol. The number of benzene rings is 2. The summed E-state index contributed by atoms with van der Waals surface area (Å²) in [6.07, 6.45) is 1.80. The fourth-order valence-electron chi connectivity index (χ4n) is 2.81. The summed E-state index contributed by atoms with van der Waals surface area (Å²) >= 11 is 7.53. The summed E-state index contributed by atoms with van der Waals surface area (Å²) < 4.78 is 1.98. The number of rotatable bonds is 8. The second-order valence-electron chi connectivity index (χ2n) is 6.72. The lowest BCUT2D eigenvalue weighted by Crippen LogP contribution is -2.28. The summed E-state index contributed by atoms with van der Waals surface area (Å²) in [5.41, 5.74) is 2.88. The van der Waals surface area contributed by atoms with Crippen LogP contribution >= 0.6 is 23.4 Å². The van der Waals surface area contributed by atoms with Gasteiger partial charge >= 0.3 is 0 Å². The third kappa shape index (κ3) is 5.49. The molecule has 0 spiro atoms. The smallest absolute Gasteiger partial charge is 0.251 e. The molecule has 3 rings (SSSR count). The summed E-state index contributed by atoms with van der Waals surface area (Å²) in [6, 6.07) is 14.9. The SMILES string of the molecule is C=CCn1c(SCc2ccc(Cl)cc2)nnc1C(C)NC(=O)c1ccc(C)cc1. The maximum atomic E-state index is 12.5. The standard InChI is InChI=1S/C22H23ClN4OS/c1-4-13-27-20(16(3)24-21(28)18-9-5-15(2)6-10-18)25-26-22(27)29-14-17-7-11-19(23)12-8-17/h4-12,16H,1,13-14H2,2-3H3,(H,24,28). The van der Waals surface area contributed by atoms with Gasteiger partial charge in [0.25, 0.3) is 5.91 Å². The average Bonchev–Trinajstić information content (AvgIpc) is 3.11. The number of nitrogens with one attached hydrogen (secondary N) is 1. The van der Waals surface area contributed by atoms with Crippen LogP contribution in [-0.2, 0) is 12.3 Å². The normalized spacial score (nSPS) is 11.8. The van der Waals surface area contributed by atoms with E-state index in [0.29, 0.717) is 23.0 Å². The van der Waals surface area contributed by atoms with E-state index in [1.165, 1.54) is 0 Å². The van der Waals surface area contributed by atoms with Crippen LogP contribution in [-0.4, -0.2) is 20.7 Å². The summed E-state index contributed by atoms with van der Waals surface area (Å²) in [6.45, 7) is 8.30. The van der Waals surface area contributed by atoms with Crippen LogP contribution in [0, 0.1) is 6.92 Å². The van der Waals surface area contributed by atoms with Crippen LogP contribution in [0.4, 0.5) is 0 Å². The largest absolute Gasteiger partial charge is 0.342 e. The van der Waals surface area contributed by atoms with Crippen LogP contribution in [0.2, 0.25) is 5.02 Å². The van der Waals surface area contributed by atoms with Crippen molar-refractivity contribution in [2.45, 2.75) is 37.3 Å². The molecule has 0 fully saturated rings. The molecule has 29 heavy (non-hydrogen) atoms. The number of thioether (sulfide) groups is 1. The van der Waals surface area contributed by atoms with Gasteiger partial charge in [-0.1, -0.05) is 59.3 Å². The first-order chi connectivity index (χ1) is 14.0. The Morgan fingerprint density at radius 2 is 1.90 bits per heavy atom. The Kier molecular flexibility index (Phi) is 7.12. The first-order valence-corrected chi connectivity index (χ1v) is 10.6. The predicted octanol–water partition coefficient (Wildman–Crippen LogP) is 5.21. The molecule has 7 heteroatoms. The highest BCUT2D eigenvalue weighted by atomic mass is 35.5. The molecule has 0 aliphatic heterocycles. The van der Waals surface area contributed by atoms with Crippen molar-refractivity contribution in [3.8, 4) is 0 Å².